The van der Waals surface area contributed by atoms with Gasteiger partial charge in [-0.2, -0.15) is 0 Å². The molecule has 0 spiro atoms. The molecule has 0 saturated heterocycles. The van der Waals surface area contributed by atoms with Crippen molar-refractivity contribution in [1.29, 1.82) is 0 Å². The van der Waals surface area contributed by atoms with Crippen LogP contribution in [-0.2, 0) is 0 Å². The number of para-hydroxylation sites is 1. The molecule has 5 heteroatoms. The Morgan fingerprint density at radius 3 is 1.97 bits per heavy atom. The molecule has 32 heavy (non-hydrogen) atoms. The highest BCUT2D eigenvalue weighted by Gasteiger charge is 2.24. The Morgan fingerprint density at radius 2 is 1.34 bits per heavy atom. The molecule has 0 atom stereocenters. The zero-order chi connectivity index (χ0) is 22.7. The lowest BCUT2D eigenvalue weighted by Gasteiger charge is -2.26. The van der Waals surface area contributed by atoms with Crippen LogP contribution in [0, 0.1) is 0 Å². The summed E-state index contributed by atoms with van der Waals surface area (Å²) in [6, 6.07) is 31.3. The van der Waals surface area contributed by atoms with E-state index < -0.39 is 8.07 Å². The summed E-state index contributed by atoms with van der Waals surface area (Å²) in [4.78, 5) is 2.40. The molecule has 1 nitrogen and oxygen atoms in total. The van der Waals surface area contributed by atoms with E-state index in [-0.39, 0.29) is 0 Å². The van der Waals surface area contributed by atoms with Crippen molar-refractivity contribution in [1.82, 2.24) is 0 Å². The van der Waals surface area contributed by atoms with Crippen LogP contribution < -0.4 is 10.5 Å². The molecule has 4 aromatic rings. The molecule has 4 aromatic carbocycles. The second-order valence-corrected chi connectivity index (χ2v) is 15.7. The first kappa shape index (κ1) is 23.0. The molecule has 0 aliphatic carbocycles. The van der Waals surface area contributed by atoms with Crippen LogP contribution in [0.1, 0.15) is 0 Å². The lowest BCUT2D eigenvalue weighted by Crippen LogP contribution is -2.39. The highest BCUT2D eigenvalue weighted by Crippen LogP contribution is 2.39. The molecule has 0 radical (unpaired) electrons. The third kappa shape index (κ3) is 5.41. The predicted octanol–water partition coefficient (Wildman–Crippen LogP) is 9.10. The number of benzene rings is 4. The van der Waals surface area contributed by atoms with E-state index in [0.29, 0.717) is 10.0 Å². The topological polar surface area (TPSA) is 12.0 Å². The van der Waals surface area contributed by atoms with Crippen LogP contribution in [0.25, 0.3) is 11.1 Å². The summed E-state index contributed by atoms with van der Waals surface area (Å²) in [5, 5.41) is 6.26. The number of anilines is 2. The van der Waals surface area contributed by atoms with Crippen LogP contribution in [0.3, 0.4) is 0 Å². The largest absolute Gasteiger partial charge is 0.355 e. The molecule has 0 saturated carbocycles. The Kier molecular flexibility index (Phi) is 7.01. The van der Waals surface area contributed by atoms with Gasteiger partial charge in [-0.25, -0.2) is 0 Å². The van der Waals surface area contributed by atoms with Gasteiger partial charge in [0.05, 0.1) is 23.8 Å². The van der Waals surface area contributed by atoms with Gasteiger partial charge in [-0.3, -0.25) is 0 Å². The fraction of sp³-hybridized carbons (Fsp3) is 0.111. The van der Waals surface area contributed by atoms with Gasteiger partial charge in [0.2, 0.25) is 0 Å². The van der Waals surface area contributed by atoms with Crippen molar-refractivity contribution in [3.05, 3.63) is 101 Å². The van der Waals surface area contributed by atoms with Gasteiger partial charge in [-0.1, -0.05) is 103 Å². The Hall–Kier alpha value is -2.17. The monoisotopic (exact) mass is 493 g/mol. The summed E-state index contributed by atoms with van der Waals surface area (Å²) in [6.07, 6.45) is 0. The average Bonchev–Trinajstić information content (AvgIpc) is 2.77. The van der Waals surface area contributed by atoms with E-state index in [9.17, 15) is 0 Å². The van der Waals surface area contributed by atoms with Gasteiger partial charge < -0.3 is 5.32 Å². The van der Waals surface area contributed by atoms with Gasteiger partial charge in [0, 0.05) is 15.5 Å². The fourth-order valence-corrected chi connectivity index (χ4v) is 6.46. The quantitative estimate of drug-likeness (QED) is 0.268. The highest BCUT2D eigenvalue weighted by molar-refractivity contribution is 7.99. The van der Waals surface area contributed by atoms with Crippen molar-refractivity contribution in [2.24, 2.45) is 0 Å². The molecule has 0 aliphatic rings. The van der Waals surface area contributed by atoms with Crippen molar-refractivity contribution in [3.63, 3.8) is 0 Å². The van der Waals surface area contributed by atoms with E-state index in [0.717, 1.165) is 16.8 Å². The normalized spacial score (nSPS) is 11.4. The Morgan fingerprint density at radius 1 is 0.688 bits per heavy atom. The third-order valence-corrected chi connectivity index (χ3v) is 8.98. The summed E-state index contributed by atoms with van der Waals surface area (Å²) in [5.74, 6) is 0. The van der Waals surface area contributed by atoms with Crippen LogP contribution in [0.5, 0.6) is 0 Å². The first-order chi connectivity index (χ1) is 15.3. The van der Waals surface area contributed by atoms with E-state index in [1.54, 1.807) is 11.8 Å². The van der Waals surface area contributed by atoms with Crippen molar-refractivity contribution < 1.29 is 0 Å². The molecular formula is C27H25Cl2NSSi. The number of halogens is 2. The van der Waals surface area contributed by atoms with Gasteiger partial charge in [-0.05, 0) is 58.8 Å². The molecule has 0 amide bonds. The maximum absolute atomic E-state index is 6.36. The number of hydrogen-bond donors (Lipinski definition) is 1. The third-order valence-electron chi connectivity index (χ3n) is 5.18. The van der Waals surface area contributed by atoms with E-state index in [4.69, 9.17) is 23.2 Å². The minimum Gasteiger partial charge on any atom is -0.355 e. The van der Waals surface area contributed by atoms with E-state index >= 15 is 0 Å². The highest BCUT2D eigenvalue weighted by atomic mass is 35.5. The van der Waals surface area contributed by atoms with Crippen LogP contribution in [-0.4, -0.2) is 8.07 Å². The van der Waals surface area contributed by atoms with Gasteiger partial charge in [0.25, 0.3) is 0 Å². The summed E-state index contributed by atoms with van der Waals surface area (Å²) < 4.78 is 0. The number of hydrogen-bond acceptors (Lipinski definition) is 2. The standard InChI is InChI=1S/C27H25Cl2NSSi/c1-32(2,3)26-18-20(19-14-15-23(28)24(29)16-19)17-25(31-22-12-8-5-9-13-22)27(26)30-21-10-6-4-7-11-21/h4-18,30H,1-3H3. The minimum atomic E-state index is -1.70. The number of nitrogens with one attached hydrogen (secondary N) is 1. The van der Waals surface area contributed by atoms with Gasteiger partial charge in [-0.15, -0.1) is 0 Å². The summed E-state index contributed by atoms with van der Waals surface area (Å²) >= 11 is 14.3. The van der Waals surface area contributed by atoms with Crippen molar-refractivity contribution >= 4 is 59.6 Å². The second kappa shape index (κ2) is 9.76. The Bertz CT molecular complexity index is 1220. The first-order valence-electron chi connectivity index (χ1n) is 10.5. The average molecular weight is 495 g/mol. The van der Waals surface area contributed by atoms with Gasteiger partial charge in [0.15, 0.2) is 0 Å². The summed E-state index contributed by atoms with van der Waals surface area (Å²) in [6.45, 7) is 7.15. The van der Waals surface area contributed by atoms with Crippen molar-refractivity contribution in [2.45, 2.75) is 29.4 Å². The summed E-state index contributed by atoms with van der Waals surface area (Å²) in [5.41, 5.74) is 4.50. The smallest absolute Gasteiger partial charge is 0.0804 e. The van der Waals surface area contributed by atoms with Crippen LogP contribution in [0.2, 0.25) is 29.7 Å². The van der Waals surface area contributed by atoms with Crippen molar-refractivity contribution in [2.75, 3.05) is 5.32 Å². The van der Waals surface area contributed by atoms with Crippen molar-refractivity contribution in [3.8, 4) is 11.1 Å². The minimum absolute atomic E-state index is 0.571. The molecular weight excluding hydrogens is 469 g/mol. The first-order valence-corrected chi connectivity index (χ1v) is 15.6. The Balaban J connectivity index is 1.92. The van der Waals surface area contributed by atoms with Crippen LogP contribution >= 0.6 is 35.0 Å². The molecule has 162 valence electrons. The Labute approximate surface area is 205 Å². The molecule has 0 bridgehead atoms. The molecule has 0 fully saturated rings. The number of rotatable bonds is 6. The molecule has 0 unspecified atom stereocenters. The SMILES string of the molecule is C[Si](C)(C)c1cc(-c2ccc(Cl)c(Cl)c2)cc(Sc2ccccc2)c1Nc1ccccc1. The fourth-order valence-electron chi connectivity index (χ4n) is 3.54. The summed E-state index contributed by atoms with van der Waals surface area (Å²) in [7, 11) is -1.70. The van der Waals surface area contributed by atoms with Gasteiger partial charge >= 0.3 is 0 Å². The lowest BCUT2D eigenvalue weighted by molar-refractivity contribution is 1.39. The zero-order valence-electron chi connectivity index (χ0n) is 18.3. The lowest BCUT2D eigenvalue weighted by atomic mass is 10.1. The maximum Gasteiger partial charge on any atom is 0.0804 e. The molecule has 1 N–H and O–H groups in total. The molecule has 0 aliphatic heterocycles. The predicted molar refractivity (Wildman–Crippen MR) is 145 cm³/mol. The van der Waals surface area contributed by atoms with Crippen LogP contribution in [0.15, 0.2) is 101 Å². The molecule has 0 heterocycles. The van der Waals surface area contributed by atoms with Gasteiger partial charge in [0.1, 0.15) is 0 Å². The van der Waals surface area contributed by atoms with E-state index in [1.807, 2.05) is 30.3 Å². The van der Waals surface area contributed by atoms with E-state index in [2.05, 4.69) is 85.6 Å². The van der Waals surface area contributed by atoms with Crippen LogP contribution in [0.4, 0.5) is 11.4 Å². The van der Waals surface area contributed by atoms with E-state index in [1.165, 1.54) is 20.7 Å². The zero-order valence-corrected chi connectivity index (χ0v) is 21.7. The molecule has 0 aromatic heterocycles. The molecule has 4 rings (SSSR count). The second-order valence-electron chi connectivity index (χ2n) is 8.68. The maximum atomic E-state index is 6.36.